The lowest BCUT2D eigenvalue weighted by atomic mass is 10.1. The molecule has 0 bridgehead atoms. The zero-order valence-corrected chi connectivity index (χ0v) is 13.0. The maximum Gasteiger partial charge on any atom is 0.238 e. The topological polar surface area (TPSA) is 63.2 Å². The maximum absolute atomic E-state index is 11.7. The quantitative estimate of drug-likeness (QED) is 0.918. The highest BCUT2D eigenvalue weighted by atomic mass is 32.2. The fourth-order valence-corrected chi connectivity index (χ4v) is 2.53. The summed E-state index contributed by atoms with van der Waals surface area (Å²) < 4.78 is 22.6. The van der Waals surface area contributed by atoms with E-state index in [2.05, 4.69) is 17.4 Å². The van der Waals surface area contributed by atoms with Gasteiger partial charge in [-0.15, -0.1) is 0 Å². The highest BCUT2D eigenvalue weighted by Crippen LogP contribution is 2.15. The Morgan fingerprint density at radius 1 is 1.14 bits per heavy atom. The Labute approximate surface area is 125 Å². The number of carbonyl (C=O) groups excluding carboxylic acids is 1. The van der Waals surface area contributed by atoms with E-state index in [1.807, 2.05) is 30.3 Å². The second kappa shape index (κ2) is 6.26. The molecule has 0 radical (unpaired) electrons. The summed E-state index contributed by atoms with van der Waals surface area (Å²) >= 11 is 0. The molecule has 0 fully saturated rings. The van der Waals surface area contributed by atoms with Gasteiger partial charge in [-0.2, -0.15) is 0 Å². The SMILES string of the molecule is CC(C(=O)NCCc1ccc2ccccc2c1)S(C)(=O)=O. The third-order valence-electron chi connectivity index (χ3n) is 3.54. The van der Waals surface area contributed by atoms with Crippen LogP contribution in [0.3, 0.4) is 0 Å². The van der Waals surface area contributed by atoms with E-state index >= 15 is 0 Å². The van der Waals surface area contributed by atoms with Crippen molar-refractivity contribution in [3.05, 3.63) is 48.0 Å². The van der Waals surface area contributed by atoms with Gasteiger partial charge >= 0.3 is 0 Å². The fraction of sp³-hybridized carbons (Fsp3) is 0.312. The summed E-state index contributed by atoms with van der Waals surface area (Å²) in [5.74, 6) is -0.446. The molecule has 0 aliphatic carbocycles. The third-order valence-corrected chi connectivity index (χ3v) is 5.04. The molecular weight excluding hydrogens is 286 g/mol. The van der Waals surface area contributed by atoms with Gasteiger partial charge in [0.25, 0.3) is 0 Å². The summed E-state index contributed by atoms with van der Waals surface area (Å²) in [7, 11) is -3.34. The van der Waals surface area contributed by atoms with Crippen LogP contribution < -0.4 is 5.32 Å². The highest BCUT2D eigenvalue weighted by Gasteiger charge is 2.22. The molecule has 1 N–H and O–H groups in total. The smallest absolute Gasteiger partial charge is 0.238 e. The molecule has 21 heavy (non-hydrogen) atoms. The van der Waals surface area contributed by atoms with Crippen LogP contribution in [0.25, 0.3) is 10.8 Å². The molecule has 0 aromatic heterocycles. The lowest BCUT2D eigenvalue weighted by Crippen LogP contribution is -2.38. The molecule has 0 aliphatic rings. The van der Waals surface area contributed by atoms with Gasteiger partial charge in [-0.1, -0.05) is 42.5 Å². The van der Waals surface area contributed by atoms with Crippen molar-refractivity contribution in [1.29, 1.82) is 0 Å². The summed E-state index contributed by atoms with van der Waals surface area (Å²) in [4.78, 5) is 11.7. The first kappa shape index (κ1) is 15.5. The molecule has 1 atom stereocenters. The molecule has 2 aromatic carbocycles. The molecule has 2 rings (SSSR count). The van der Waals surface area contributed by atoms with Crippen LogP contribution in [-0.2, 0) is 21.1 Å². The number of hydrogen-bond acceptors (Lipinski definition) is 3. The standard InChI is InChI=1S/C16H19NO3S/c1-12(21(2,19)20)16(18)17-10-9-13-7-8-14-5-3-4-6-15(14)11-13/h3-8,11-12H,9-10H2,1-2H3,(H,17,18). The number of nitrogens with one attached hydrogen (secondary N) is 1. The Kier molecular flexibility index (Phi) is 4.63. The second-order valence-corrected chi connectivity index (χ2v) is 7.56. The van der Waals surface area contributed by atoms with Crippen LogP contribution in [0.4, 0.5) is 0 Å². The first-order valence-electron chi connectivity index (χ1n) is 6.82. The van der Waals surface area contributed by atoms with Crippen molar-refractivity contribution in [3.63, 3.8) is 0 Å². The monoisotopic (exact) mass is 305 g/mol. The Hall–Kier alpha value is -1.88. The summed E-state index contributed by atoms with van der Waals surface area (Å²) in [5, 5.41) is 4.00. The molecular formula is C16H19NO3S. The van der Waals surface area contributed by atoms with Gasteiger partial charge in [-0.3, -0.25) is 4.79 Å². The van der Waals surface area contributed by atoms with Crippen LogP contribution in [0.1, 0.15) is 12.5 Å². The molecule has 2 aromatic rings. The highest BCUT2D eigenvalue weighted by molar-refractivity contribution is 7.92. The average molecular weight is 305 g/mol. The van der Waals surface area contributed by atoms with Crippen molar-refractivity contribution in [1.82, 2.24) is 5.32 Å². The van der Waals surface area contributed by atoms with Crippen LogP contribution >= 0.6 is 0 Å². The molecule has 112 valence electrons. The summed E-state index contributed by atoms with van der Waals surface area (Å²) in [6, 6.07) is 14.2. The first-order valence-corrected chi connectivity index (χ1v) is 8.77. The molecule has 0 heterocycles. The minimum absolute atomic E-state index is 0.428. The van der Waals surface area contributed by atoms with Crippen molar-refractivity contribution in [2.24, 2.45) is 0 Å². The van der Waals surface area contributed by atoms with Crippen LogP contribution in [-0.4, -0.2) is 32.4 Å². The van der Waals surface area contributed by atoms with Gasteiger partial charge in [0.1, 0.15) is 5.25 Å². The molecule has 0 aliphatic heterocycles. The van der Waals surface area contributed by atoms with Crippen molar-refractivity contribution in [2.75, 3.05) is 12.8 Å². The maximum atomic E-state index is 11.7. The molecule has 0 spiro atoms. The van der Waals surface area contributed by atoms with E-state index < -0.39 is 21.0 Å². The van der Waals surface area contributed by atoms with Gasteiger partial charge in [-0.25, -0.2) is 8.42 Å². The molecule has 4 nitrogen and oxygen atoms in total. The molecule has 0 saturated carbocycles. The predicted octanol–water partition coefficient (Wildman–Crippen LogP) is 1.93. The van der Waals surface area contributed by atoms with Crippen LogP contribution in [0.15, 0.2) is 42.5 Å². The Bertz CT molecular complexity index is 753. The van der Waals surface area contributed by atoms with E-state index in [4.69, 9.17) is 0 Å². The largest absolute Gasteiger partial charge is 0.355 e. The Morgan fingerprint density at radius 2 is 1.81 bits per heavy atom. The van der Waals surface area contributed by atoms with E-state index in [1.165, 1.54) is 12.3 Å². The van der Waals surface area contributed by atoms with Gasteiger partial charge in [-0.05, 0) is 29.7 Å². The number of fused-ring (bicyclic) bond motifs is 1. The molecule has 5 heteroatoms. The number of hydrogen-bond donors (Lipinski definition) is 1. The number of rotatable bonds is 5. The molecule has 0 saturated heterocycles. The van der Waals surface area contributed by atoms with Crippen LogP contribution in [0.2, 0.25) is 0 Å². The summed E-state index contributed by atoms with van der Waals surface area (Å²) in [6.07, 6.45) is 1.74. The zero-order valence-electron chi connectivity index (χ0n) is 12.2. The van der Waals surface area contributed by atoms with Crippen molar-refractivity contribution >= 4 is 26.5 Å². The van der Waals surface area contributed by atoms with Gasteiger partial charge in [0.05, 0.1) is 0 Å². The summed E-state index contributed by atoms with van der Waals surface area (Å²) in [5.41, 5.74) is 1.11. The van der Waals surface area contributed by atoms with Crippen LogP contribution in [0, 0.1) is 0 Å². The Balaban J connectivity index is 1.95. The van der Waals surface area contributed by atoms with Gasteiger partial charge < -0.3 is 5.32 Å². The van der Waals surface area contributed by atoms with Gasteiger partial charge in [0.15, 0.2) is 9.84 Å². The fourth-order valence-electron chi connectivity index (χ4n) is 2.06. The lowest BCUT2D eigenvalue weighted by Gasteiger charge is -2.10. The van der Waals surface area contributed by atoms with E-state index in [9.17, 15) is 13.2 Å². The summed E-state index contributed by atoms with van der Waals surface area (Å²) in [6.45, 7) is 1.83. The number of sulfone groups is 1. The predicted molar refractivity (Wildman–Crippen MR) is 85.0 cm³/mol. The number of amides is 1. The van der Waals surface area contributed by atoms with Crippen molar-refractivity contribution < 1.29 is 13.2 Å². The van der Waals surface area contributed by atoms with E-state index in [0.717, 1.165) is 17.2 Å². The zero-order chi connectivity index (χ0) is 15.5. The molecule has 1 unspecified atom stereocenters. The van der Waals surface area contributed by atoms with Crippen molar-refractivity contribution in [2.45, 2.75) is 18.6 Å². The minimum Gasteiger partial charge on any atom is -0.355 e. The van der Waals surface area contributed by atoms with Crippen LogP contribution in [0.5, 0.6) is 0 Å². The van der Waals surface area contributed by atoms with Gasteiger partial charge in [0, 0.05) is 12.8 Å². The molecule has 1 amide bonds. The van der Waals surface area contributed by atoms with E-state index in [0.29, 0.717) is 13.0 Å². The third kappa shape index (κ3) is 4.04. The minimum atomic E-state index is -3.34. The second-order valence-electron chi connectivity index (χ2n) is 5.19. The van der Waals surface area contributed by atoms with Crippen molar-refractivity contribution in [3.8, 4) is 0 Å². The Morgan fingerprint density at radius 3 is 2.48 bits per heavy atom. The van der Waals surface area contributed by atoms with Gasteiger partial charge in [0.2, 0.25) is 5.91 Å². The van der Waals surface area contributed by atoms with E-state index in [1.54, 1.807) is 0 Å². The lowest BCUT2D eigenvalue weighted by molar-refractivity contribution is -0.120. The number of carbonyl (C=O) groups is 1. The average Bonchev–Trinajstić information content (AvgIpc) is 2.45. The number of benzene rings is 2. The van der Waals surface area contributed by atoms with E-state index in [-0.39, 0.29) is 0 Å². The normalized spacial score (nSPS) is 13.0. The first-order chi connectivity index (χ1) is 9.88.